The summed E-state index contributed by atoms with van der Waals surface area (Å²) in [6, 6.07) is 0. The van der Waals surface area contributed by atoms with Crippen LogP contribution in [-0.2, 0) is 14.3 Å². The van der Waals surface area contributed by atoms with Crippen molar-refractivity contribution in [1.29, 1.82) is 0 Å². The third-order valence-corrected chi connectivity index (χ3v) is 1.72. The van der Waals surface area contributed by atoms with Crippen molar-refractivity contribution >= 4 is 5.97 Å². The first-order chi connectivity index (χ1) is 7.22. The molecule has 0 aromatic carbocycles. The van der Waals surface area contributed by atoms with Crippen LogP contribution in [0.25, 0.3) is 0 Å². The Kier molecular flexibility index (Phi) is 6.10. The lowest BCUT2D eigenvalue weighted by molar-refractivity contribution is -0.325. The van der Waals surface area contributed by atoms with Gasteiger partial charge in [-0.1, -0.05) is 13.5 Å². The number of ether oxygens (including phenoxy) is 2. The number of hydrogen-bond donors (Lipinski definition) is 0. The fourth-order valence-electron chi connectivity index (χ4n) is 0.800. The number of carbonyl (C=O) groups excluding carboxylic acids is 1. The van der Waals surface area contributed by atoms with Gasteiger partial charge in [0.25, 0.3) is 0 Å². The molecule has 1 atom stereocenters. The van der Waals surface area contributed by atoms with Crippen LogP contribution in [0.4, 0.5) is 13.2 Å². The van der Waals surface area contributed by atoms with Gasteiger partial charge in [0, 0.05) is 5.57 Å². The van der Waals surface area contributed by atoms with Crippen molar-refractivity contribution in [2.24, 2.45) is 5.92 Å². The number of carbonyl (C=O) groups is 1. The normalized spacial score (nSPS) is 13.3. The van der Waals surface area contributed by atoms with Gasteiger partial charge >= 0.3 is 12.3 Å². The van der Waals surface area contributed by atoms with E-state index < -0.39 is 18.9 Å². The standard InChI is InChI=1S/C10H15F3O3/c1-7(2)9(14)15-6-8(3)4-5-16-10(11,12)13/h8H,1,4-6H2,2-3H3. The number of hydrogen-bond acceptors (Lipinski definition) is 3. The average Bonchev–Trinajstić information content (AvgIpc) is 2.11. The lowest BCUT2D eigenvalue weighted by atomic mass is 10.1. The minimum Gasteiger partial charge on any atom is -0.462 e. The van der Waals surface area contributed by atoms with Gasteiger partial charge in [-0.15, -0.1) is 13.2 Å². The van der Waals surface area contributed by atoms with Gasteiger partial charge in [-0.25, -0.2) is 4.79 Å². The highest BCUT2D eigenvalue weighted by atomic mass is 19.4. The van der Waals surface area contributed by atoms with E-state index in [0.717, 1.165) is 0 Å². The zero-order chi connectivity index (χ0) is 12.8. The van der Waals surface area contributed by atoms with Gasteiger partial charge in [0.05, 0.1) is 13.2 Å². The third-order valence-electron chi connectivity index (χ3n) is 1.72. The Morgan fingerprint density at radius 1 is 1.44 bits per heavy atom. The van der Waals surface area contributed by atoms with E-state index in [2.05, 4.69) is 11.3 Å². The molecule has 0 aliphatic rings. The monoisotopic (exact) mass is 240 g/mol. The highest BCUT2D eigenvalue weighted by Crippen LogP contribution is 2.17. The predicted octanol–water partition coefficient (Wildman–Crippen LogP) is 2.67. The van der Waals surface area contributed by atoms with Crippen molar-refractivity contribution in [3.05, 3.63) is 12.2 Å². The summed E-state index contributed by atoms with van der Waals surface area (Å²) in [5.41, 5.74) is 0.263. The van der Waals surface area contributed by atoms with Gasteiger partial charge in [-0.3, -0.25) is 4.74 Å². The third kappa shape index (κ3) is 8.28. The SMILES string of the molecule is C=C(C)C(=O)OCC(C)CCOC(F)(F)F. The molecule has 0 radical (unpaired) electrons. The highest BCUT2D eigenvalue weighted by Gasteiger charge is 2.28. The number of halogens is 3. The maximum atomic E-state index is 11.6. The summed E-state index contributed by atoms with van der Waals surface area (Å²) in [4.78, 5) is 10.9. The van der Waals surface area contributed by atoms with Gasteiger partial charge in [0.15, 0.2) is 0 Å². The summed E-state index contributed by atoms with van der Waals surface area (Å²) in [7, 11) is 0. The van der Waals surface area contributed by atoms with Crippen LogP contribution in [0.15, 0.2) is 12.2 Å². The van der Waals surface area contributed by atoms with E-state index in [1.807, 2.05) is 0 Å². The van der Waals surface area contributed by atoms with Crippen LogP contribution in [0.3, 0.4) is 0 Å². The van der Waals surface area contributed by atoms with Crippen LogP contribution >= 0.6 is 0 Å². The zero-order valence-electron chi connectivity index (χ0n) is 9.26. The molecule has 0 aromatic rings. The van der Waals surface area contributed by atoms with Gasteiger partial charge < -0.3 is 4.74 Å². The Morgan fingerprint density at radius 2 is 2.00 bits per heavy atom. The van der Waals surface area contributed by atoms with Crippen LogP contribution in [0.1, 0.15) is 20.3 Å². The number of alkyl halides is 3. The van der Waals surface area contributed by atoms with Crippen molar-refractivity contribution in [1.82, 2.24) is 0 Å². The van der Waals surface area contributed by atoms with Crippen molar-refractivity contribution in [3.8, 4) is 0 Å². The highest BCUT2D eigenvalue weighted by molar-refractivity contribution is 5.86. The molecule has 0 amide bonds. The summed E-state index contributed by atoms with van der Waals surface area (Å²) < 4.78 is 43.2. The molecule has 0 aliphatic carbocycles. The quantitative estimate of drug-likeness (QED) is 0.529. The molecule has 0 fully saturated rings. The largest absolute Gasteiger partial charge is 0.522 e. The van der Waals surface area contributed by atoms with Crippen molar-refractivity contribution in [2.45, 2.75) is 26.6 Å². The molecule has 0 aromatic heterocycles. The molecule has 0 aliphatic heterocycles. The number of rotatable bonds is 6. The predicted molar refractivity (Wildman–Crippen MR) is 51.6 cm³/mol. The van der Waals surface area contributed by atoms with Crippen LogP contribution in [-0.4, -0.2) is 25.5 Å². The minimum atomic E-state index is -4.60. The molecule has 16 heavy (non-hydrogen) atoms. The zero-order valence-corrected chi connectivity index (χ0v) is 9.26. The lowest BCUT2D eigenvalue weighted by Crippen LogP contribution is -2.18. The summed E-state index contributed by atoms with van der Waals surface area (Å²) >= 11 is 0. The summed E-state index contributed by atoms with van der Waals surface area (Å²) in [6.07, 6.45) is -4.43. The fourth-order valence-corrected chi connectivity index (χ4v) is 0.800. The molecule has 0 saturated heterocycles. The topological polar surface area (TPSA) is 35.5 Å². The number of esters is 1. The lowest BCUT2D eigenvalue weighted by Gasteiger charge is -2.13. The van der Waals surface area contributed by atoms with Gasteiger partial charge in [0.2, 0.25) is 0 Å². The molecule has 0 spiro atoms. The van der Waals surface area contributed by atoms with Gasteiger partial charge in [-0.05, 0) is 19.3 Å². The molecule has 0 heterocycles. The van der Waals surface area contributed by atoms with Crippen LogP contribution < -0.4 is 0 Å². The first-order valence-corrected chi connectivity index (χ1v) is 4.75. The van der Waals surface area contributed by atoms with Gasteiger partial charge in [0.1, 0.15) is 0 Å². The Bertz CT molecular complexity index is 248. The second kappa shape index (κ2) is 6.52. The summed E-state index contributed by atoms with van der Waals surface area (Å²) in [6.45, 7) is 6.18. The molecule has 3 nitrogen and oxygen atoms in total. The Labute approximate surface area is 92.2 Å². The molecular formula is C10H15F3O3. The molecule has 0 N–H and O–H groups in total. The Balaban J connectivity index is 3.64. The fraction of sp³-hybridized carbons (Fsp3) is 0.700. The Morgan fingerprint density at radius 3 is 2.44 bits per heavy atom. The second-order valence-corrected chi connectivity index (χ2v) is 3.57. The van der Waals surface area contributed by atoms with Crippen molar-refractivity contribution in [3.63, 3.8) is 0 Å². The molecule has 0 rings (SSSR count). The van der Waals surface area contributed by atoms with Crippen LogP contribution in [0.2, 0.25) is 0 Å². The molecule has 6 heteroatoms. The van der Waals surface area contributed by atoms with E-state index in [1.54, 1.807) is 6.92 Å². The van der Waals surface area contributed by atoms with E-state index >= 15 is 0 Å². The van der Waals surface area contributed by atoms with E-state index in [0.29, 0.717) is 0 Å². The average molecular weight is 240 g/mol. The smallest absolute Gasteiger partial charge is 0.462 e. The second-order valence-electron chi connectivity index (χ2n) is 3.57. The molecule has 0 saturated carbocycles. The van der Waals surface area contributed by atoms with E-state index in [-0.39, 0.29) is 24.5 Å². The first-order valence-electron chi connectivity index (χ1n) is 4.75. The van der Waals surface area contributed by atoms with Crippen LogP contribution in [0, 0.1) is 5.92 Å². The van der Waals surface area contributed by atoms with E-state index in [9.17, 15) is 18.0 Å². The van der Waals surface area contributed by atoms with E-state index in [1.165, 1.54) is 6.92 Å². The van der Waals surface area contributed by atoms with Crippen LogP contribution in [0.5, 0.6) is 0 Å². The summed E-state index contributed by atoms with van der Waals surface area (Å²) in [5.74, 6) is -0.728. The maximum absolute atomic E-state index is 11.6. The molecule has 1 unspecified atom stereocenters. The summed E-state index contributed by atoms with van der Waals surface area (Å²) in [5, 5.41) is 0. The first kappa shape index (κ1) is 15.0. The van der Waals surface area contributed by atoms with Crippen molar-refractivity contribution in [2.75, 3.05) is 13.2 Å². The van der Waals surface area contributed by atoms with Crippen molar-refractivity contribution < 1.29 is 27.4 Å². The minimum absolute atomic E-state index is 0.0624. The van der Waals surface area contributed by atoms with Gasteiger partial charge in [-0.2, -0.15) is 0 Å². The Hall–Kier alpha value is -1.04. The molecule has 94 valence electrons. The molecular weight excluding hydrogens is 225 g/mol. The molecule has 0 bridgehead atoms. The maximum Gasteiger partial charge on any atom is 0.522 e. The van der Waals surface area contributed by atoms with E-state index in [4.69, 9.17) is 4.74 Å².